The lowest BCUT2D eigenvalue weighted by Gasteiger charge is -2.35. The van der Waals surface area contributed by atoms with E-state index in [1.54, 1.807) is 47.3 Å². The molecule has 3 aliphatic heterocycles. The Kier molecular flexibility index (Phi) is 14.0. The third-order valence-electron chi connectivity index (χ3n) is 10.4. The molecule has 2 saturated heterocycles. The number of carboxylic acids is 2. The van der Waals surface area contributed by atoms with Crippen LogP contribution < -0.4 is 15.6 Å². The number of aliphatic carboxylic acids is 1. The third kappa shape index (κ3) is 10.1. The molecule has 4 heterocycles. The van der Waals surface area contributed by atoms with Crippen LogP contribution >= 0.6 is 23.5 Å². The lowest BCUT2D eigenvalue weighted by atomic mass is 10.1. The molecule has 2 fully saturated rings. The number of thioether (sulfide) groups is 2. The summed E-state index contributed by atoms with van der Waals surface area (Å²) in [6.45, 7) is 2.64. The van der Waals surface area contributed by atoms with Crippen molar-refractivity contribution in [2.24, 2.45) is 4.99 Å². The monoisotopic (exact) mass is 856 g/mol. The summed E-state index contributed by atoms with van der Waals surface area (Å²) in [5.74, 6) is -2.73. The summed E-state index contributed by atoms with van der Waals surface area (Å²) in [5.41, 5.74) is 0.935. The van der Waals surface area contributed by atoms with Gasteiger partial charge in [0.25, 0.3) is 0 Å². The molecule has 20 heteroatoms. The Morgan fingerprint density at radius 1 is 1.02 bits per heavy atom. The number of phenols is 1. The first-order valence-corrected chi connectivity index (χ1v) is 21.1. The zero-order chi connectivity index (χ0) is 42.4. The maximum absolute atomic E-state index is 15.2. The lowest BCUT2D eigenvalue weighted by Crippen LogP contribution is -2.49. The van der Waals surface area contributed by atoms with E-state index in [1.165, 1.54) is 28.9 Å². The largest absolute Gasteiger partial charge is 0.507 e. The number of halogens is 1. The lowest BCUT2D eigenvalue weighted by molar-refractivity contribution is -0.153. The number of carboxylic acid groups (broad SMARTS) is 2. The molecule has 316 valence electrons. The Bertz CT molecular complexity index is 2210. The smallest absolute Gasteiger partial charge is 0.412 e. The molecule has 3 atom stereocenters. The number of aryl methyl sites for hydroxylation is 2. The maximum atomic E-state index is 15.2. The molecule has 4 N–H and O–H groups in total. The predicted octanol–water partition coefficient (Wildman–Crippen LogP) is 3.17. The molecule has 0 bridgehead atoms. The van der Waals surface area contributed by atoms with Crippen LogP contribution in [0.3, 0.4) is 0 Å². The molecule has 1 aromatic heterocycles. The Labute approximate surface area is 346 Å². The maximum Gasteiger partial charge on any atom is 0.412 e. The molecule has 3 aliphatic rings. The van der Waals surface area contributed by atoms with Gasteiger partial charge in [-0.1, -0.05) is 6.07 Å². The highest BCUT2D eigenvalue weighted by molar-refractivity contribution is 8.14. The first kappa shape index (κ1) is 43.2. The Morgan fingerprint density at radius 3 is 2.47 bits per heavy atom. The Morgan fingerprint density at radius 2 is 1.78 bits per heavy atom. The molecule has 0 saturated carbocycles. The van der Waals surface area contributed by atoms with E-state index in [2.05, 4.69) is 5.32 Å². The van der Waals surface area contributed by atoms with Gasteiger partial charge in [0.05, 0.1) is 29.0 Å². The van der Waals surface area contributed by atoms with Crippen molar-refractivity contribution in [1.29, 1.82) is 0 Å². The van der Waals surface area contributed by atoms with E-state index in [0.29, 0.717) is 53.6 Å². The third-order valence-corrected chi connectivity index (χ3v) is 13.0. The van der Waals surface area contributed by atoms with Gasteiger partial charge in [-0.15, -0.1) is 23.5 Å². The molecule has 17 nitrogen and oxygen atoms in total. The zero-order valence-corrected chi connectivity index (χ0v) is 34.1. The summed E-state index contributed by atoms with van der Waals surface area (Å²) in [4.78, 5) is 82.7. The van der Waals surface area contributed by atoms with Crippen LogP contribution in [0.2, 0.25) is 0 Å². The van der Waals surface area contributed by atoms with Crippen molar-refractivity contribution >= 4 is 75.1 Å². The second-order valence-corrected chi connectivity index (χ2v) is 16.3. The number of esters is 1. The minimum Gasteiger partial charge on any atom is -0.507 e. The number of aromatic nitrogens is 1. The average molecular weight is 857 g/mol. The first-order valence-electron chi connectivity index (χ1n) is 19.0. The van der Waals surface area contributed by atoms with E-state index in [1.807, 2.05) is 11.0 Å². The number of piperazine rings is 1. The normalized spacial score (nSPS) is 19.4. The molecule has 0 aliphatic carbocycles. The van der Waals surface area contributed by atoms with Crippen LogP contribution in [0.4, 0.5) is 14.9 Å². The number of fused-ring (bicyclic) bond motifs is 1. The van der Waals surface area contributed by atoms with E-state index in [-0.39, 0.29) is 73.2 Å². The van der Waals surface area contributed by atoms with Gasteiger partial charge >= 0.3 is 24.0 Å². The minimum absolute atomic E-state index is 0.0413. The van der Waals surface area contributed by atoms with Crippen LogP contribution in [0.1, 0.15) is 47.7 Å². The number of rotatable bonds is 15. The first-order chi connectivity index (χ1) is 28.2. The van der Waals surface area contributed by atoms with Gasteiger partial charge in [0.1, 0.15) is 28.2 Å². The number of ether oxygens (including phenoxy) is 2. The van der Waals surface area contributed by atoms with Crippen molar-refractivity contribution in [3.63, 3.8) is 0 Å². The molecular weight excluding hydrogens is 812 g/mol. The van der Waals surface area contributed by atoms with Crippen molar-refractivity contribution in [1.82, 2.24) is 19.7 Å². The van der Waals surface area contributed by atoms with E-state index in [9.17, 15) is 44.1 Å². The van der Waals surface area contributed by atoms with Gasteiger partial charge in [-0.2, -0.15) is 0 Å². The van der Waals surface area contributed by atoms with Gasteiger partial charge in [-0.3, -0.25) is 29.1 Å². The summed E-state index contributed by atoms with van der Waals surface area (Å²) in [6, 6.07) is 7.19. The average Bonchev–Trinajstić information content (AvgIpc) is 3.86. The molecule has 2 aromatic carbocycles. The number of hydrogen-bond acceptors (Lipinski definition) is 14. The summed E-state index contributed by atoms with van der Waals surface area (Å²) in [6.07, 6.45) is 1.36. The minimum atomic E-state index is -1.39. The molecule has 3 aromatic rings. The number of pyridine rings is 1. The fourth-order valence-electron chi connectivity index (χ4n) is 7.14. The second kappa shape index (κ2) is 19.2. The van der Waals surface area contributed by atoms with Crippen LogP contribution in [0.15, 0.2) is 46.3 Å². The topological polar surface area (TPSA) is 221 Å². The number of amides is 2. The zero-order valence-electron chi connectivity index (χ0n) is 32.4. The van der Waals surface area contributed by atoms with E-state index in [4.69, 9.17) is 14.5 Å². The molecule has 6 rings (SSSR count). The van der Waals surface area contributed by atoms with Gasteiger partial charge in [0.15, 0.2) is 0 Å². The van der Waals surface area contributed by atoms with Crippen molar-refractivity contribution < 1.29 is 53.2 Å². The number of nitrogens with zero attached hydrogens (tertiary/aromatic N) is 5. The van der Waals surface area contributed by atoms with Crippen LogP contribution in [-0.2, 0) is 36.8 Å². The van der Waals surface area contributed by atoms with Crippen molar-refractivity contribution in [3.05, 3.63) is 69.3 Å². The van der Waals surface area contributed by atoms with Crippen molar-refractivity contribution in [3.8, 4) is 5.75 Å². The van der Waals surface area contributed by atoms with Crippen LogP contribution in [0.5, 0.6) is 5.75 Å². The second-order valence-electron chi connectivity index (χ2n) is 14.2. The quantitative estimate of drug-likeness (QED) is 0.0980. The van der Waals surface area contributed by atoms with Gasteiger partial charge in [0, 0.05) is 74.3 Å². The number of carbonyl (C=O) groups excluding carboxylic acids is 3. The van der Waals surface area contributed by atoms with Gasteiger partial charge < -0.3 is 44.5 Å². The van der Waals surface area contributed by atoms with Crippen molar-refractivity contribution in [2.45, 2.75) is 56.6 Å². The fourth-order valence-corrected chi connectivity index (χ4v) is 9.90. The molecular formula is C39H45FN6O11S2. The number of likely N-dealkylation sites (N-methyl/N-ethyl adjacent to an activating group) is 1. The SMILES string of the molecule is CCn1cc(C(=O)O)c(=O)c2cc(F)c(N3CCN(C(=O)OCOC(=O)CCC(=O)NCCCc4ccc(O)c(C5=NC(C6SCC(C(=O)O)N6C)CS5)c4)CC3)cc21. The highest BCUT2D eigenvalue weighted by Gasteiger charge is 2.41. The predicted molar refractivity (Wildman–Crippen MR) is 219 cm³/mol. The van der Waals surface area contributed by atoms with E-state index < -0.39 is 53.6 Å². The molecule has 2 amide bonds. The molecule has 0 radical (unpaired) electrons. The fraction of sp³-hybridized carbons (Fsp3) is 0.462. The number of aromatic hydroxyl groups is 1. The highest BCUT2D eigenvalue weighted by Crippen LogP contribution is 2.38. The Hall–Kier alpha value is -5.34. The molecule has 59 heavy (non-hydrogen) atoms. The van der Waals surface area contributed by atoms with Gasteiger partial charge in [0.2, 0.25) is 18.1 Å². The van der Waals surface area contributed by atoms with E-state index in [0.717, 1.165) is 11.6 Å². The number of nitrogens with one attached hydrogen (secondary N) is 1. The van der Waals surface area contributed by atoms with Crippen LogP contribution in [0, 0.1) is 5.82 Å². The van der Waals surface area contributed by atoms with Crippen LogP contribution in [0.25, 0.3) is 10.9 Å². The summed E-state index contributed by atoms with van der Waals surface area (Å²) >= 11 is 3.11. The number of aliphatic imine (C=N–C) groups is 1. The number of hydrogen-bond donors (Lipinski definition) is 4. The van der Waals surface area contributed by atoms with Crippen LogP contribution in [-0.4, -0.2) is 140 Å². The van der Waals surface area contributed by atoms with Crippen molar-refractivity contribution in [2.75, 3.05) is 63.0 Å². The number of anilines is 1. The summed E-state index contributed by atoms with van der Waals surface area (Å²) in [7, 11) is 1.80. The standard InChI is InChI=1S/C39H45FN6O11S2/c1-3-44-18-25(37(51)52)34(50)23-16-26(40)29(17-28(23)44)45-11-13-46(14-12-45)39(55)57-21-56-33(49)9-8-32(48)41-10-4-5-22-6-7-31(47)24(15-22)35-42-27(19-58-35)36-43(2)30(20-59-36)38(53)54/h6-7,15-18,27,30,36,47H,3-5,8-14,19-21H2,1-2H3,(H,41,48)(H,51,52)(H,53,54). The molecule has 3 unspecified atom stereocenters. The number of aromatic carboxylic acids is 1. The Balaban J connectivity index is 0.873. The van der Waals surface area contributed by atoms with Gasteiger partial charge in [-0.05, 0) is 56.6 Å². The number of carbonyl (C=O) groups is 5. The number of benzene rings is 2. The van der Waals surface area contributed by atoms with Gasteiger partial charge in [-0.25, -0.2) is 14.0 Å². The highest BCUT2D eigenvalue weighted by atomic mass is 32.2. The van der Waals surface area contributed by atoms with E-state index >= 15 is 4.39 Å². The number of phenolic OH excluding ortho intramolecular Hbond substituents is 1. The molecule has 0 spiro atoms. The summed E-state index contributed by atoms with van der Waals surface area (Å²) < 4.78 is 26.9. The summed E-state index contributed by atoms with van der Waals surface area (Å²) in [5, 5.41) is 32.8.